The summed E-state index contributed by atoms with van der Waals surface area (Å²) in [6.07, 6.45) is 12.3. The molecule has 0 atom stereocenters. The number of hydrogen-bond acceptors (Lipinski definition) is 7. The summed E-state index contributed by atoms with van der Waals surface area (Å²) in [6.45, 7) is 6.53. The molecule has 1 aliphatic heterocycles. The highest BCUT2D eigenvalue weighted by atomic mass is 16.2. The zero-order chi connectivity index (χ0) is 24.5. The number of terminal acetylenes is 1. The molecule has 4 aromatic heterocycles. The molecule has 0 bridgehead atoms. The Morgan fingerprint density at radius 2 is 1.91 bits per heavy atom. The maximum Gasteiger partial charge on any atom is 0.298 e. The van der Waals surface area contributed by atoms with Gasteiger partial charge in [0, 0.05) is 61.3 Å². The first-order valence-electron chi connectivity index (χ1n) is 11.3. The molecule has 1 saturated heterocycles. The van der Waals surface area contributed by atoms with Gasteiger partial charge in [0.2, 0.25) is 0 Å². The largest absolute Gasteiger partial charge is 0.353 e. The molecule has 0 N–H and O–H groups in total. The summed E-state index contributed by atoms with van der Waals surface area (Å²) in [5.41, 5.74) is 4.44. The lowest BCUT2D eigenvalue weighted by Gasteiger charge is -2.34. The number of aromatic nitrogens is 6. The summed E-state index contributed by atoms with van der Waals surface area (Å²) in [7, 11) is 0. The highest BCUT2D eigenvalue weighted by Crippen LogP contribution is 2.32. The van der Waals surface area contributed by atoms with E-state index in [9.17, 15) is 10.1 Å². The molecular formula is C25H23N9O. The average Bonchev–Trinajstić information content (AvgIpc) is 3.55. The van der Waals surface area contributed by atoms with E-state index >= 15 is 0 Å². The second kappa shape index (κ2) is 8.92. The minimum atomic E-state index is -0.278. The van der Waals surface area contributed by atoms with Crippen LogP contribution in [0.25, 0.3) is 27.9 Å². The number of amides is 1. The Morgan fingerprint density at radius 3 is 2.54 bits per heavy atom. The van der Waals surface area contributed by atoms with Gasteiger partial charge in [-0.25, -0.2) is 14.2 Å². The van der Waals surface area contributed by atoms with Crippen LogP contribution in [-0.2, 0) is 4.79 Å². The first-order chi connectivity index (χ1) is 17.0. The Labute approximate surface area is 202 Å². The average molecular weight is 466 g/mol. The normalized spacial score (nSPS) is 13.7. The van der Waals surface area contributed by atoms with Gasteiger partial charge >= 0.3 is 0 Å². The van der Waals surface area contributed by atoms with E-state index in [1.807, 2.05) is 44.4 Å². The van der Waals surface area contributed by atoms with Gasteiger partial charge in [0.15, 0.2) is 0 Å². The van der Waals surface area contributed by atoms with Gasteiger partial charge in [0.25, 0.3) is 5.91 Å². The van der Waals surface area contributed by atoms with Crippen LogP contribution in [0.2, 0.25) is 0 Å². The van der Waals surface area contributed by atoms with Crippen LogP contribution in [0.15, 0.2) is 43.0 Å². The van der Waals surface area contributed by atoms with Crippen molar-refractivity contribution in [1.82, 2.24) is 34.5 Å². The third-order valence-electron chi connectivity index (χ3n) is 6.14. The Morgan fingerprint density at radius 1 is 1.11 bits per heavy atom. The summed E-state index contributed by atoms with van der Waals surface area (Å²) in [5.74, 6) is 2.72. The quantitative estimate of drug-likeness (QED) is 0.426. The van der Waals surface area contributed by atoms with Gasteiger partial charge in [-0.3, -0.25) is 4.79 Å². The number of fused-ring (bicyclic) bond motifs is 1. The van der Waals surface area contributed by atoms with Crippen molar-refractivity contribution in [1.29, 1.82) is 5.26 Å². The minimum absolute atomic E-state index is 0.192. The summed E-state index contributed by atoms with van der Waals surface area (Å²) < 4.78 is 3.50. The van der Waals surface area contributed by atoms with Crippen LogP contribution in [0.4, 0.5) is 5.82 Å². The number of carbonyl (C=O) groups excluding carboxylic acids is 1. The van der Waals surface area contributed by atoms with Gasteiger partial charge in [-0.2, -0.15) is 10.4 Å². The van der Waals surface area contributed by atoms with Gasteiger partial charge in [-0.1, -0.05) is 5.21 Å². The predicted molar refractivity (Wildman–Crippen MR) is 130 cm³/mol. The first kappa shape index (κ1) is 22.1. The zero-order valence-electron chi connectivity index (χ0n) is 19.5. The molecule has 35 heavy (non-hydrogen) atoms. The van der Waals surface area contributed by atoms with Gasteiger partial charge in [0.1, 0.15) is 17.6 Å². The number of carbonyl (C=O) groups is 1. The topological polar surface area (TPSA) is 108 Å². The van der Waals surface area contributed by atoms with E-state index in [-0.39, 0.29) is 11.9 Å². The molecule has 1 amide bonds. The third-order valence-corrected chi connectivity index (χ3v) is 6.14. The van der Waals surface area contributed by atoms with Crippen LogP contribution < -0.4 is 4.90 Å². The summed E-state index contributed by atoms with van der Waals surface area (Å²) >= 11 is 0. The lowest BCUT2D eigenvalue weighted by atomic mass is 10.0. The van der Waals surface area contributed by atoms with Crippen molar-refractivity contribution in [3.05, 3.63) is 48.5 Å². The van der Waals surface area contributed by atoms with Crippen molar-refractivity contribution < 1.29 is 4.79 Å². The monoisotopic (exact) mass is 465 g/mol. The Balaban J connectivity index is 1.49. The van der Waals surface area contributed by atoms with E-state index in [1.54, 1.807) is 26.5 Å². The summed E-state index contributed by atoms with van der Waals surface area (Å²) in [6, 6.07) is 8.35. The molecule has 0 aliphatic carbocycles. The van der Waals surface area contributed by atoms with Crippen LogP contribution in [0, 0.1) is 23.7 Å². The molecule has 5 rings (SSSR count). The Bertz CT molecular complexity index is 1480. The highest BCUT2D eigenvalue weighted by Gasteiger charge is 2.21. The van der Waals surface area contributed by atoms with Crippen molar-refractivity contribution >= 4 is 17.2 Å². The second-order valence-corrected chi connectivity index (χ2v) is 8.61. The number of nitriles is 1. The lowest BCUT2D eigenvalue weighted by molar-refractivity contribution is -0.125. The smallest absolute Gasteiger partial charge is 0.298 e. The van der Waals surface area contributed by atoms with Crippen molar-refractivity contribution in [2.75, 3.05) is 31.1 Å². The van der Waals surface area contributed by atoms with Crippen LogP contribution >= 0.6 is 0 Å². The number of rotatable bonds is 4. The van der Waals surface area contributed by atoms with Gasteiger partial charge in [-0.15, -0.1) is 11.5 Å². The molecule has 0 aromatic carbocycles. The molecule has 0 saturated carbocycles. The molecule has 5 heterocycles. The highest BCUT2D eigenvalue weighted by molar-refractivity contribution is 5.93. The van der Waals surface area contributed by atoms with Gasteiger partial charge in [-0.05, 0) is 38.0 Å². The summed E-state index contributed by atoms with van der Waals surface area (Å²) in [4.78, 5) is 20.2. The van der Waals surface area contributed by atoms with Crippen LogP contribution in [0.5, 0.6) is 0 Å². The standard InChI is InChI=1S/C25H23N9O/c1-4-24(35)32-9-7-31(8-10-32)23-6-5-18(13-27-23)21-11-19(22-16-33(17(2)3)30-29-22)15-34-25(21)20(12-26)14-28-34/h1,5-6,11,13-17H,7-10H2,2-3H3. The van der Waals surface area contributed by atoms with E-state index in [1.165, 1.54) is 0 Å². The van der Waals surface area contributed by atoms with Crippen molar-refractivity contribution in [3.63, 3.8) is 0 Å². The molecule has 1 fully saturated rings. The Kier molecular flexibility index (Phi) is 5.63. The molecule has 4 aromatic rings. The van der Waals surface area contributed by atoms with Crippen LogP contribution in [-0.4, -0.2) is 66.6 Å². The molecule has 10 nitrogen and oxygen atoms in total. The van der Waals surface area contributed by atoms with Crippen LogP contribution in [0.3, 0.4) is 0 Å². The number of hydrogen-bond donors (Lipinski definition) is 0. The van der Waals surface area contributed by atoms with Gasteiger partial charge in [0.05, 0.1) is 23.5 Å². The third kappa shape index (κ3) is 4.06. The number of pyridine rings is 2. The number of nitrogens with zero attached hydrogens (tertiary/aromatic N) is 9. The van der Waals surface area contributed by atoms with Crippen LogP contribution in [0.1, 0.15) is 25.5 Å². The van der Waals surface area contributed by atoms with Crippen molar-refractivity contribution in [2.24, 2.45) is 0 Å². The number of piperazine rings is 1. The van der Waals surface area contributed by atoms with E-state index in [0.29, 0.717) is 37.3 Å². The zero-order valence-corrected chi connectivity index (χ0v) is 19.5. The van der Waals surface area contributed by atoms with Gasteiger partial charge < -0.3 is 9.80 Å². The molecule has 1 aliphatic rings. The summed E-state index contributed by atoms with van der Waals surface area (Å²) in [5, 5.41) is 22.6. The fraction of sp³-hybridized carbons (Fsp3) is 0.280. The van der Waals surface area contributed by atoms with E-state index in [2.05, 4.69) is 37.3 Å². The van der Waals surface area contributed by atoms with E-state index < -0.39 is 0 Å². The minimum Gasteiger partial charge on any atom is -0.353 e. The molecule has 0 radical (unpaired) electrons. The molecule has 174 valence electrons. The Hall–Kier alpha value is -4.70. The lowest BCUT2D eigenvalue weighted by Crippen LogP contribution is -2.48. The van der Waals surface area contributed by atoms with Crippen molar-refractivity contribution in [3.8, 4) is 40.8 Å². The molecule has 10 heteroatoms. The fourth-order valence-electron chi connectivity index (χ4n) is 4.19. The maximum absolute atomic E-state index is 11.7. The molecular weight excluding hydrogens is 442 g/mol. The SMILES string of the molecule is C#CC(=O)N1CCN(c2ccc(-c3cc(-c4cn(C(C)C)nn4)cn4ncc(C#N)c34)cn2)CC1. The molecule has 0 spiro atoms. The molecule has 0 unspecified atom stereocenters. The second-order valence-electron chi connectivity index (χ2n) is 8.61. The van der Waals surface area contributed by atoms with E-state index in [4.69, 9.17) is 6.42 Å². The number of anilines is 1. The first-order valence-corrected chi connectivity index (χ1v) is 11.3. The maximum atomic E-state index is 11.7. The predicted octanol–water partition coefficient (Wildman–Crippen LogP) is 2.39. The van der Waals surface area contributed by atoms with E-state index in [0.717, 1.165) is 28.2 Å². The van der Waals surface area contributed by atoms with Crippen molar-refractivity contribution in [2.45, 2.75) is 19.9 Å². The fourth-order valence-corrected chi connectivity index (χ4v) is 4.19.